The van der Waals surface area contributed by atoms with Crippen molar-refractivity contribution in [3.05, 3.63) is 53.9 Å². The number of aromatic nitrogens is 3. The van der Waals surface area contributed by atoms with Crippen LogP contribution in [-0.4, -0.2) is 34.9 Å². The van der Waals surface area contributed by atoms with Crippen LogP contribution < -0.4 is 14.8 Å². The Balaban J connectivity index is 1.59. The number of carbonyl (C=O) groups is 1. The molecule has 0 radical (unpaired) electrons. The molecule has 0 saturated heterocycles. The third-order valence-electron chi connectivity index (χ3n) is 5.10. The summed E-state index contributed by atoms with van der Waals surface area (Å²) in [5, 5.41) is 11.7. The summed E-state index contributed by atoms with van der Waals surface area (Å²) in [6.45, 7) is 0.928. The second kappa shape index (κ2) is 8.34. The van der Waals surface area contributed by atoms with Crippen LogP contribution in [0.5, 0.6) is 11.5 Å². The molecular formula is C22H24N4O3. The number of anilines is 1. The number of amides is 1. The monoisotopic (exact) mass is 392 g/mol. The average Bonchev–Trinajstić information content (AvgIpc) is 3.01. The zero-order valence-corrected chi connectivity index (χ0v) is 16.6. The maximum absolute atomic E-state index is 12.8. The van der Waals surface area contributed by atoms with Gasteiger partial charge in [0, 0.05) is 35.8 Å². The van der Waals surface area contributed by atoms with Gasteiger partial charge in [-0.1, -0.05) is 18.6 Å². The number of hydrogen-bond donors (Lipinski definition) is 1. The van der Waals surface area contributed by atoms with Gasteiger partial charge in [0.2, 0.25) is 0 Å². The van der Waals surface area contributed by atoms with Crippen LogP contribution in [0.15, 0.2) is 42.5 Å². The Hall–Kier alpha value is -3.35. The number of methoxy groups -OCH3 is 2. The van der Waals surface area contributed by atoms with Crippen molar-refractivity contribution in [2.75, 3.05) is 19.5 Å². The Bertz CT molecular complexity index is 1010. The zero-order valence-electron chi connectivity index (χ0n) is 16.6. The van der Waals surface area contributed by atoms with Crippen molar-refractivity contribution >= 4 is 11.6 Å². The fraction of sp³-hybridized carbons (Fsp3) is 0.318. The van der Waals surface area contributed by atoms with Gasteiger partial charge >= 0.3 is 0 Å². The second-order valence-electron chi connectivity index (χ2n) is 7.04. The van der Waals surface area contributed by atoms with Gasteiger partial charge in [0.05, 0.1) is 14.2 Å². The van der Waals surface area contributed by atoms with E-state index in [1.54, 1.807) is 32.4 Å². The van der Waals surface area contributed by atoms with Gasteiger partial charge in [-0.05, 0) is 37.1 Å². The van der Waals surface area contributed by atoms with Crippen LogP contribution in [0, 0.1) is 0 Å². The highest BCUT2D eigenvalue weighted by Gasteiger charge is 2.17. The van der Waals surface area contributed by atoms with E-state index in [1.165, 1.54) is 6.42 Å². The van der Waals surface area contributed by atoms with Gasteiger partial charge in [-0.3, -0.25) is 4.79 Å². The second-order valence-corrected chi connectivity index (χ2v) is 7.04. The van der Waals surface area contributed by atoms with E-state index in [1.807, 2.05) is 24.3 Å². The highest BCUT2D eigenvalue weighted by atomic mass is 16.5. The lowest BCUT2D eigenvalue weighted by Crippen LogP contribution is -2.12. The molecule has 0 atom stereocenters. The lowest BCUT2D eigenvalue weighted by molar-refractivity contribution is 0.102. The van der Waals surface area contributed by atoms with Crippen LogP contribution in [0.25, 0.3) is 11.4 Å². The third-order valence-corrected chi connectivity index (χ3v) is 5.10. The van der Waals surface area contributed by atoms with Crippen LogP contribution in [-0.2, 0) is 13.0 Å². The number of fused-ring (bicyclic) bond motifs is 1. The fourth-order valence-electron chi connectivity index (χ4n) is 3.58. The molecule has 2 aromatic carbocycles. The summed E-state index contributed by atoms with van der Waals surface area (Å²) >= 11 is 0. The highest BCUT2D eigenvalue weighted by Crippen LogP contribution is 2.26. The molecule has 1 aromatic heterocycles. The number of rotatable bonds is 5. The SMILES string of the molecule is COc1cc(OC)cc(C(=O)Nc2cccc(-c3nnc4n3CCCCC4)c2)c1. The molecule has 0 saturated carbocycles. The van der Waals surface area contributed by atoms with Crippen LogP contribution in [0.3, 0.4) is 0 Å². The number of ether oxygens (including phenoxy) is 2. The first-order valence-corrected chi connectivity index (χ1v) is 9.75. The topological polar surface area (TPSA) is 78.3 Å². The molecule has 1 amide bonds. The summed E-state index contributed by atoms with van der Waals surface area (Å²) in [4.78, 5) is 12.8. The van der Waals surface area contributed by atoms with Gasteiger partial charge in [-0.2, -0.15) is 0 Å². The van der Waals surface area contributed by atoms with Crippen molar-refractivity contribution < 1.29 is 14.3 Å². The minimum absolute atomic E-state index is 0.237. The van der Waals surface area contributed by atoms with Crippen LogP contribution in [0.1, 0.15) is 35.4 Å². The lowest BCUT2D eigenvalue weighted by Gasteiger charge is -2.11. The van der Waals surface area contributed by atoms with E-state index in [9.17, 15) is 4.79 Å². The van der Waals surface area contributed by atoms with Gasteiger partial charge in [0.1, 0.15) is 17.3 Å². The number of nitrogens with zero attached hydrogens (tertiary/aromatic N) is 3. The van der Waals surface area contributed by atoms with Crippen LogP contribution in [0.4, 0.5) is 5.69 Å². The largest absolute Gasteiger partial charge is 0.497 e. The Labute approximate surface area is 169 Å². The molecule has 1 N–H and O–H groups in total. The molecule has 7 heteroatoms. The Morgan fingerprint density at radius 1 is 1.00 bits per heavy atom. The number of nitrogens with one attached hydrogen (secondary N) is 1. The molecule has 2 heterocycles. The zero-order chi connectivity index (χ0) is 20.2. The average molecular weight is 392 g/mol. The smallest absolute Gasteiger partial charge is 0.255 e. The van der Waals surface area contributed by atoms with E-state index in [0.29, 0.717) is 22.7 Å². The molecule has 29 heavy (non-hydrogen) atoms. The standard InChI is InChI=1S/C22H24N4O3/c1-28-18-12-16(13-19(14-18)29-2)22(27)23-17-8-6-7-15(11-17)21-25-24-20-9-4-3-5-10-26(20)21/h6-8,11-14H,3-5,9-10H2,1-2H3,(H,23,27). The summed E-state index contributed by atoms with van der Waals surface area (Å²) in [7, 11) is 3.11. The van der Waals surface area contributed by atoms with Crippen LogP contribution >= 0.6 is 0 Å². The molecule has 0 bridgehead atoms. The lowest BCUT2D eigenvalue weighted by atomic mass is 10.1. The molecular weight excluding hydrogens is 368 g/mol. The van der Waals surface area contributed by atoms with Gasteiger partial charge in [0.15, 0.2) is 5.82 Å². The molecule has 0 unspecified atom stereocenters. The van der Waals surface area contributed by atoms with Gasteiger partial charge < -0.3 is 19.4 Å². The predicted molar refractivity (Wildman–Crippen MR) is 111 cm³/mol. The maximum atomic E-state index is 12.8. The first-order chi connectivity index (χ1) is 14.2. The Morgan fingerprint density at radius 2 is 1.79 bits per heavy atom. The molecule has 4 rings (SSSR count). The normalized spacial score (nSPS) is 13.3. The van der Waals surface area contributed by atoms with Gasteiger partial charge in [0.25, 0.3) is 5.91 Å². The maximum Gasteiger partial charge on any atom is 0.255 e. The molecule has 0 aliphatic carbocycles. The van der Waals surface area contributed by atoms with E-state index in [2.05, 4.69) is 20.1 Å². The molecule has 0 fully saturated rings. The van der Waals surface area contributed by atoms with E-state index in [0.717, 1.165) is 43.0 Å². The predicted octanol–water partition coefficient (Wildman–Crippen LogP) is 3.94. The van der Waals surface area contributed by atoms with Crippen molar-refractivity contribution in [2.24, 2.45) is 0 Å². The quantitative estimate of drug-likeness (QED) is 0.712. The first kappa shape index (κ1) is 19.0. The van der Waals surface area contributed by atoms with Gasteiger partial charge in [-0.25, -0.2) is 0 Å². The molecule has 150 valence electrons. The summed E-state index contributed by atoms with van der Waals surface area (Å²) in [5.41, 5.74) is 2.09. The molecule has 3 aromatic rings. The summed E-state index contributed by atoms with van der Waals surface area (Å²) in [5.74, 6) is 2.78. The first-order valence-electron chi connectivity index (χ1n) is 9.75. The molecule has 7 nitrogen and oxygen atoms in total. The van der Waals surface area contributed by atoms with Crippen molar-refractivity contribution in [2.45, 2.75) is 32.2 Å². The fourth-order valence-corrected chi connectivity index (χ4v) is 3.58. The van der Waals surface area contributed by atoms with E-state index < -0.39 is 0 Å². The number of aryl methyl sites for hydroxylation is 1. The number of carbonyl (C=O) groups excluding carboxylic acids is 1. The van der Waals surface area contributed by atoms with Crippen molar-refractivity contribution in [3.63, 3.8) is 0 Å². The van der Waals surface area contributed by atoms with Crippen LogP contribution in [0.2, 0.25) is 0 Å². The summed E-state index contributed by atoms with van der Waals surface area (Å²) in [6, 6.07) is 12.8. The number of benzene rings is 2. The minimum Gasteiger partial charge on any atom is -0.497 e. The van der Waals surface area contributed by atoms with Crippen molar-refractivity contribution in [1.82, 2.24) is 14.8 Å². The molecule has 0 spiro atoms. The molecule has 1 aliphatic rings. The minimum atomic E-state index is -0.237. The Kier molecular flexibility index (Phi) is 5.46. The van der Waals surface area contributed by atoms with E-state index >= 15 is 0 Å². The summed E-state index contributed by atoms with van der Waals surface area (Å²) in [6.07, 6.45) is 4.45. The van der Waals surface area contributed by atoms with Crippen molar-refractivity contribution in [1.29, 1.82) is 0 Å². The molecule has 1 aliphatic heterocycles. The number of hydrogen-bond acceptors (Lipinski definition) is 5. The third kappa shape index (κ3) is 4.08. The summed E-state index contributed by atoms with van der Waals surface area (Å²) < 4.78 is 12.7. The van der Waals surface area contributed by atoms with Crippen molar-refractivity contribution in [3.8, 4) is 22.9 Å². The van der Waals surface area contributed by atoms with E-state index in [4.69, 9.17) is 9.47 Å². The van der Waals surface area contributed by atoms with E-state index in [-0.39, 0.29) is 5.91 Å². The highest BCUT2D eigenvalue weighted by molar-refractivity contribution is 6.05. The Morgan fingerprint density at radius 3 is 2.55 bits per heavy atom. The van der Waals surface area contributed by atoms with Gasteiger partial charge in [-0.15, -0.1) is 10.2 Å².